The van der Waals surface area contributed by atoms with Gasteiger partial charge in [-0.25, -0.2) is 9.97 Å². The summed E-state index contributed by atoms with van der Waals surface area (Å²) >= 11 is 0. The van der Waals surface area contributed by atoms with Gasteiger partial charge in [-0.1, -0.05) is 19.4 Å². The van der Waals surface area contributed by atoms with Crippen molar-refractivity contribution in [2.24, 2.45) is 0 Å². The van der Waals surface area contributed by atoms with Gasteiger partial charge in [0.05, 0.1) is 14.2 Å². The molecule has 2 aromatic rings. The van der Waals surface area contributed by atoms with Gasteiger partial charge in [-0.3, -0.25) is 4.79 Å². The van der Waals surface area contributed by atoms with Gasteiger partial charge in [-0.15, -0.1) is 0 Å². The van der Waals surface area contributed by atoms with Gasteiger partial charge in [-0.05, 0) is 43.5 Å². The summed E-state index contributed by atoms with van der Waals surface area (Å²) in [4.78, 5) is 20.9. The Morgan fingerprint density at radius 3 is 2.56 bits per heavy atom. The predicted molar refractivity (Wildman–Crippen MR) is 106 cm³/mol. The molecule has 0 bridgehead atoms. The lowest BCUT2D eigenvalue weighted by Gasteiger charge is -2.11. The SMILES string of the molecule is CCCCNC(=O)c1cc(C)nc(NCCc2ccc(OC)c(OC)c2)n1. The van der Waals surface area contributed by atoms with E-state index in [2.05, 4.69) is 27.5 Å². The number of amides is 1. The maximum Gasteiger partial charge on any atom is 0.270 e. The van der Waals surface area contributed by atoms with Crippen LogP contribution in [-0.2, 0) is 6.42 Å². The number of aromatic nitrogens is 2. The van der Waals surface area contributed by atoms with Crippen molar-refractivity contribution < 1.29 is 14.3 Å². The van der Waals surface area contributed by atoms with E-state index in [0.717, 1.165) is 30.5 Å². The molecule has 0 atom stereocenters. The number of aryl methyl sites for hydroxylation is 1. The van der Waals surface area contributed by atoms with Crippen molar-refractivity contribution in [1.29, 1.82) is 0 Å². The van der Waals surface area contributed by atoms with E-state index in [-0.39, 0.29) is 5.91 Å². The van der Waals surface area contributed by atoms with Gasteiger partial charge in [0.2, 0.25) is 5.95 Å². The van der Waals surface area contributed by atoms with Gasteiger partial charge in [0.25, 0.3) is 5.91 Å². The largest absolute Gasteiger partial charge is 0.493 e. The minimum absolute atomic E-state index is 0.170. The fourth-order valence-corrected chi connectivity index (χ4v) is 2.59. The maximum atomic E-state index is 12.2. The Bertz CT molecular complexity index is 765. The number of nitrogens with one attached hydrogen (secondary N) is 2. The molecule has 27 heavy (non-hydrogen) atoms. The van der Waals surface area contributed by atoms with Crippen molar-refractivity contribution >= 4 is 11.9 Å². The van der Waals surface area contributed by atoms with Crippen LogP contribution in [0.2, 0.25) is 0 Å². The average Bonchev–Trinajstić information content (AvgIpc) is 2.67. The number of nitrogens with zero attached hydrogens (tertiary/aromatic N) is 2. The summed E-state index contributed by atoms with van der Waals surface area (Å²) < 4.78 is 10.6. The van der Waals surface area contributed by atoms with Crippen LogP contribution in [0, 0.1) is 6.92 Å². The molecule has 7 heteroatoms. The Morgan fingerprint density at radius 1 is 1.07 bits per heavy atom. The molecule has 146 valence electrons. The van der Waals surface area contributed by atoms with Crippen LogP contribution in [0.5, 0.6) is 11.5 Å². The van der Waals surface area contributed by atoms with Crippen molar-refractivity contribution in [1.82, 2.24) is 15.3 Å². The molecule has 2 N–H and O–H groups in total. The molecule has 0 spiro atoms. The van der Waals surface area contributed by atoms with E-state index in [1.54, 1.807) is 20.3 Å². The molecule has 1 amide bonds. The monoisotopic (exact) mass is 372 g/mol. The molecule has 1 aromatic carbocycles. The third-order valence-corrected chi connectivity index (χ3v) is 4.05. The smallest absolute Gasteiger partial charge is 0.270 e. The van der Waals surface area contributed by atoms with Crippen molar-refractivity contribution in [2.75, 3.05) is 32.6 Å². The minimum Gasteiger partial charge on any atom is -0.493 e. The van der Waals surface area contributed by atoms with Gasteiger partial charge in [-0.2, -0.15) is 0 Å². The maximum absolute atomic E-state index is 12.2. The van der Waals surface area contributed by atoms with Crippen molar-refractivity contribution in [3.63, 3.8) is 0 Å². The molecule has 2 rings (SSSR count). The zero-order chi connectivity index (χ0) is 19.6. The average molecular weight is 372 g/mol. The first-order chi connectivity index (χ1) is 13.1. The molecule has 1 heterocycles. The summed E-state index contributed by atoms with van der Waals surface area (Å²) in [6.45, 7) is 5.22. The first kappa shape index (κ1) is 20.5. The predicted octanol–water partition coefficient (Wildman–Crippen LogP) is 2.99. The van der Waals surface area contributed by atoms with Crippen LogP contribution in [0.25, 0.3) is 0 Å². The van der Waals surface area contributed by atoms with Gasteiger partial charge in [0, 0.05) is 18.8 Å². The Balaban J connectivity index is 1.96. The van der Waals surface area contributed by atoms with Crippen LogP contribution in [0.1, 0.15) is 41.5 Å². The number of benzene rings is 1. The summed E-state index contributed by atoms with van der Waals surface area (Å²) in [5, 5.41) is 6.07. The summed E-state index contributed by atoms with van der Waals surface area (Å²) in [6.07, 6.45) is 2.74. The van der Waals surface area contributed by atoms with Gasteiger partial charge >= 0.3 is 0 Å². The molecule has 0 aliphatic rings. The Labute approximate surface area is 160 Å². The Morgan fingerprint density at radius 2 is 1.85 bits per heavy atom. The lowest BCUT2D eigenvalue weighted by Crippen LogP contribution is -2.26. The van der Waals surface area contributed by atoms with Gasteiger partial charge < -0.3 is 20.1 Å². The van der Waals surface area contributed by atoms with Crippen LogP contribution >= 0.6 is 0 Å². The van der Waals surface area contributed by atoms with Crippen LogP contribution in [0.4, 0.5) is 5.95 Å². The fraction of sp³-hybridized carbons (Fsp3) is 0.450. The normalized spacial score (nSPS) is 10.4. The number of methoxy groups -OCH3 is 2. The van der Waals surface area contributed by atoms with E-state index < -0.39 is 0 Å². The van der Waals surface area contributed by atoms with E-state index >= 15 is 0 Å². The number of rotatable bonds is 10. The molecule has 0 fully saturated rings. The lowest BCUT2D eigenvalue weighted by molar-refractivity contribution is 0.0948. The third kappa shape index (κ3) is 6.13. The minimum atomic E-state index is -0.170. The number of unbranched alkanes of at least 4 members (excludes halogenated alkanes) is 1. The molecular formula is C20H28N4O3. The molecule has 1 aromatic heterocycles. The van der Waals surface area contributed by atoms with Crippen LogP contribution < -0.4 is 20.1 Å². The van der Waals surface area contributed by atoms with Gasteiger partial charge in [0.15, 0.2) is 11.5 Å². The van der Waals surface area contributed by atoms with Crippen molar-refractivity contribution in [3.8, 4) is 11.5 Å². The highest BCUT2D eigenvalue weighted by Gasteiger charge is 2.10. The number of ether oxygens (including phenoxy) is 2. The second-order valence-electron chi connectivity index (χ2n) is 6.19. The second kappa shape index (κ2) is 10.4. The molecule has 0 saturated heterocycles. The number of carbonyl (C=O) groups excluding carboxylic acids is 1. The zero-order valence-corrected chi connectivity index (χ0v) is 16.5. The van der Waals surface area contributed by atoms with Crippen LogP contribution in [-0.4, -0.2) is 43.2 Å². The quantitative estimate of drug-likeness (QED) is 0.624. The molecule has 0 aliphatic carbocycles. The molecule has 0 saturated carbocycles. The summed E-state index contributed by atoms with van der Waals surface area (Å²) in [5.41, 5.74) is 2.23. The van der Waals surface area contributed by atoms with Gasteiger partial charge in [0.1, 0.15) is 5.69 Å². The number of carbonyl (C=O) groups is 1. The van der Waals surface area contributed by atoms with Crippen LogP contribution in [0.15, 0.2) is 24.3 Å². The molecule has 0 aliphatic heterocycles. The first-order valence-electron chi connectivity index (χ1n) is 9.16. The van der Waals surface area contributed by atoms with E-state index in [1.165, 1.54) is 0 Å². The number of anilines is 1. The van der Waals surface area contributed by atoms with E-state index in [0.29, 0.717) is 36.2 Å². The highest BCUT2D eigenvalue weighted by atomic mass is 16.5. The van der Waals surface area contributed by atoms with E-state index in [4.69, 9.17) is 9.47 Å². The number of hydrogen-bond acceptors (Lipinski definition) is 6. The zero-order valence-electron chi connectivity index (χ0n) is 16.5. The fourth-order valence-electron chi connectivity index (χ4n) is 2.59. The standard InChI is InChI=1S/C20H28N4O3/c1-5-6-10-21-19(25)16-12-14(2)23-20(24-16)22-11-9-15-7-8-17(26-3)18(13-15)27-4/h7-8,12-13H,5-6,9-11H2,1-4H3,(H,21,25)(H,22,23,24). The third-order valence-electron chi connectivity index (χ3n) is 4.05. The number of hydrogen-bond donors (Lipinski definition) is 2. The summed E-state index contributed by atoms with van der Waals surface area (Å²) in [5.74, 6) is 1.69. The highest BCUT2D eigenvalue weighted by Crippen LogP contribution is 2.27. The van der Waals surface area contributed by atoms with Crippen LogP contribution in [0.3, 0.4) is 0 Å². The Hall–Kier alpha value is -2.83. The summed E-state index contributed by atoms with van der Waals surface area (Å²) in [6, 6.07) is 7.52. The lowest BCUT2D eigenvalue weighted by atomic mass is 10.1. The Kier molecular flexibility index (Phi) is 7.85. The van der Waals surface area contributed by atoms with Crippen molar-refractivity contribution in [3.05, 3.63) is 41.2 Å². The van der Waals surface area contributed by atoms with Crippen molar-refractivity contribution in [2.45, 2.75) is 33.1 Å². The molecule has 0 unspecified atom stereocenters. The molecule has 7 nitrogen and oxygen atoms in total. The van der Waals surface area contributed by atoms with E-state index in [1.807, 2.05) is 25.1 Å². The highest BCUT2D eigenvalue weighted by molar-refractivity contribution is 5.92. The molecule has 0 radical (unpaired) electrons. The first-order valence-corrected chi connectivity index (χ1v) is 9.16. The molecular weight excluding hydrogens is 344 g/mol. The summed E-state index contributed by atoms with van der Waals surface area (Å²) in [7, 11) is 3.23. The topological polar surface area (TPSA) is 85.4 Å². The second-order valence-corrected chi connectivity index (χ2v) is 6.19. The van der Waals surface area contributed by atoms with E-state index in [9.17, 15) is 4.79 Å².